The van der Waals surface area contributed by atoms with Gasteiger partial charge in [-0.2, -0.15) is 0 Å². The average molecular weight is 362 g/mol. The lowest BCUT2D eigenvalue weighted by Crippen LogP contribution is -2.31. The molecule has 4 N–H and O–H groups in total. The highest BCUT2D eigenvalue weighted by Crippen LogP contribution is 2.18. The van der Waals surface area contributed by atoms with Crippen molar-refractivity contribution in [1.29, 1.82) is 0 Å². The maximum atomic E-state index is 12.2. The Morgan fingerprint density at radius 3 is 2.36 bits per heavy atom. The molecule has 25 heavy (non-hydrogen) atoms. The van der Waals surface area contributed by atoms with Gasteiger partial charge in [-0.1, -0.05) is 30.3 Å². The number of rotatable bonds is 6. The number of hydrogen-bond donors (Lipinski definition) is 3. The Bertz CT molecular complexity index is 705. The van der Waals surface area contributed by atoms with E-state index in [4.69, 9.17) is 5.73 Å². The molecule has 0 aliphatic carbocycles. The summed E-state index contributed by atoms with van der Waals surface area (Å²) in [6.45, 7) is 3.70. The van der Waals surface area contributed by atoms with Crippen molar-refractivity contribution >= 4 is 29.9 Å². The molecule has 0 fully saturated rings. The molecule has 0 aliphatic rings. The number of benzene rings is 2. The monoisotopic (exact) mass is 361 g/mol. The van der Waals surface area contributed by atoms with Crippen LogP contribution in [0.3, 0.4) is 0 Å². The van der Waals surface area contributed by atoms with Crippen LogP contribution in [0.15, 0.2) is 54.6 Å². The van der Waals surface area contributed by atoms with Gasteiger partial charge in [0.25, 0.3) is 5.91 Å². The minimum Gasteiger partial charge on any atom is -0.350 e. The molecule has 0 saturated carbocycles. The molecule has 0 radical (unpaired) electrons. The number of anilines is 1. The van der Waals surface area contributed by atoms with Gasteiger partial charge in [-0.3, -0.25) is 9.59 Å². The molecule has 2 rings (SSSR count). The molecule has 2 amide bonds. The molecule has 134 valence electrons. The number of amides is 2. The largest absolute Gasteiger partial charge is 0.350 e. The predicted octanol–water partition coefficient (Wildman–Crippen LogP) is 3.28. The maximum absolute atomic E-state index is 12.2. The Labute approximate surface area is 154 Å². The van der Waals surface area contributed by atoms with Gasteiger partial charge in [0.2, 0.25) is 5.91 Å². The van der Waals surface area contributed by atoms with E-state index in [1.165, 1.54) is 0 Å². The lowest BCUT2D eigenvalue weighted by atomic mass is 10.1. The summed E-state index contributed by atoms with van der Waals surface area (Å²) in [7, 11) is 0. The second-order valence-electron chi connectivity index (χ2n) is 5.92. The fraction of sp³-hybridized carbons (Fsp3) is 0.263. The number of nitrogens with one attached hydrogen (secondary N) is 2. The number of carbonyl (C=O) groups excluding carboxylic acids is 2. The smallest absolute Gasteiger partial charge is 0.255 e. The Balaban J connectivity index is 0.00000312. The van der Waals surface area contributed by atoms with E-state index >= 15 is 0 Å². The van der Waals surface area contributed by atoms with Crippen LogP contribution in [0.1, 0.15) is 42.2 Å². The summed E-state index contributed by atoms with van der Waals surface area (Å²) in [6, 6.07) is 16.1. The van der Waals surface area contributed by atoms with Gasteiger partial charge in [0.15, 0.2) is 0 Å². The lowest BCUT2D eigenvalue weighted by Gasteiger charge is -2.16. The van der Waals surface area contributed by atoms with Crippen LogP contribution >= 0.6 is 12.4 Å². The molecule has 6 heteroatoms. The van der Waals surface area contributed by atoms with Crippen molar-refractivity contribution in [1.82, 2.24) is 5.32 Å². The molecule has 2 aromatic rings. The fourth-order valence-corrected chi connectivity index (χ4v) is 2.35. The van der Waals surface area contributed by atoms with Crippen molar-refractivity contribution in [2.24, 2.45) is 5.73 Å². The molecule has 0 aromatic heterocycles. The van der Waals surface area contributed by atoms with Crippen LogP contribution in [-0.2, 0) is 4.79 Å². The zero-order valence-electron chi connectivity index (χ0n) is 14.4. The van der Waals surface area contributed by atoms with Crippen LogP contribution in [0, 0.1) is 0 Å². The predicted molar refractivity (Wildman–Crippen MR) is 103 cm³/mol. The SMILES string of the molecule is CC(N)CC(=O)NC(C)c1cccc(NC(=O)c2ccccc2)c1.Cl. The molecular formula is C19H24ClN3O2. The molecule has 2 aromatic carbocycles. The third kappa shape index (κ3) is 6.57. The molecule has 0 bridgehead atoms. The van der Waals surface area contributed by atoms with Gasteiger partial charge in [0.05, 0.1) is 6.04 Å². The Morgan fingerprint density at radius 1 is 1.04 bits per heavy atom. The molecule has 0 spiro atoms. The summed E-state index contributed by atoms with van der Waals surface area (Å²) in [6.07, 6.45) is 0.286. The summed E-state index contributed by atoms with van der Waals surface area (Å²) in [5.41, 5.74) is 7.84. The van der Waals surface area contributed by atoms with Crippen LogP contribution in [0.2, 0.25) is 0 Å². The van der Waals surface area contributed by atoms with E-state index in [0.29, 0.717) is 11.3 Å². The third-order valence-electron chi connectivity index (χ3n) is 3.57. The van der Waals surface area contributed by atoms with Crippen LogP contribution < -0.4 is 16.4 Å². The lowest BCUT2D eigenvalue weighted by molar-refractivity contribution is -0.122. The zero-order chi connectivity index (χ0) is 17.5. The highest BCUT2D eigenvalue weighted by molar-refractivity contribution is 6.04. The number of nitrogens with two attached hydrogens (primary N) is 1. The Hall–Kier alpha value is -2.37. The molecule has 0 saturated heterocycles. The fourth-order valence-electron chi connectivity index (χ4n) is 2.35. The van der Waals surface area contributed by atoms with Crippen LogP contribution in [0.25, 0.3) is 0 Å². The number of hydrogen-bond acceptors (Lipinski definition) is 3. The average Bonchev–Trinajstić information content (AvgIpc) is 2.55. The molecule has 5 nitrogen and oxygen atoms in total. The van der Waals surface area contributed by atoms with Gasteiger partial charge in [0.1, 0.15) is 0 Å². The van der Waals surface area contributed by atoms with Crippen LogP contribution in [0.5, 0.6) is 0 Å². The van der Waals surface area contributed by atoms with Crippen molar-refractivity contribution in [3.05, 3.63) is 65.7 Å². The van der Waals surface area contributed by atoms with Gasteiger partial charge in [-0.25, -0.2) is 0 Å². The van der Waals surface area contributed by atoms with Crippen molar-refractivity contribution < 1.29 is 9.59 Å². The normalized spacial score (nSPS) is 12.4. The second kappa shape index (κ2) is 9.81. The second-order valence-corrected chi connectivity index (χ2v) is 5.92. The maximum Gasteiger partial charge on any atom is 0.255 e. The number of halogens is 1. The van der Waals surface area contributed by atoms with Crippen molar-refractivity contribution in [2.45, 2.75) is 32.4 Å². The summed E-state index contributed by atoms with van der Waals surface area (Å²) in [4.78, 5) is 24.0. The van der Waals surface area contributed by atoms with Gasteiger partial charge in [-0.05, 0) is 43.7 Å². The highest BCUT2D eigenvalue weighted by atomic mass is 35.5. The van der Waals surface area contributed by atoms with Gasteiger partial charge < -0.3 is 16.4 Å². The van der Waals surface area contributed by atoms with E-state index in [1.807, 2.05) is 49.4 Å². The van der Waals surface area contributed by atoms with E-state index in [-0.39, 0.29) is 42.7 Å². The van der Waals surface area contributed by atoms with E-state index in [1.54, 1.807) is 19.1 Å². The Morgan fingerprint density at radius 2 is 1.72 bits per heavy atom. The molecule has 2 unspecified atom stereocenters. The molecule has 0 heterocycles. The molecule has 2 atom stereocenters. The summed E-state index contributed by atoms with van der Waals surface area (Å²) in [5.74, 6) is -0.252. The summed E-state index contributed by atoms with van der Waals surface area (Å²) in [5, 5.41) is 5.78. The minimum absolute atomic E-state index is 0. The quantitative estimate of drug-likeness (QED) is 0.738. The van der Waals surface area contributed by atoms with Crippen molar-refractivity contribution in [2.75, 3.05) is 5.32 Å². The van der Waals surface area contributed by atoms with Crippen LogP contribution in [0.4, 0.5) is 5.69 Å². The standard InChI is InChI=1S/C19H23N3O2.ClH/c1-13(20)11-18(23)21-14(2)16-9-6-10-17(12-16)22-19(24)15-7-4-3-5-8-15;/h3-10,12-14H,11,20H2,1-2H3,(H,21,23)(H,22,24);1H. The first-order valence-corrected chi connectivity index (χ1v) is 7.97. The first-order chi connectivity index (χ1) is 11.5. The first kappa shape index (κ1) is 20.7. The van der Waals surface area contributed by atoms with Crippen molar-refractivity contribution in [3.8, 4) is 0 Å². The zero-order valence-corrected chi connectivity index (χ0v) is 15.2. The highest BCUT2D eigenvalue weighted by Gasteiger charge is 2.12. The van der Waals surface area contributed by atoms with E-state index < -0.39 is 0 Å². The van der Waals surface area contributed by atoms with Gasteiger partial charge >= 0.3 is 0 Å². The van der Waals surface area contributed by atoms with Gasteiger partial charge in [0, 0.05) is 23.7 Å². The van der Waals surface area contributed by atoms with Crippen molar-refractivity contribution in [3.63, 3.8) is 0 Å². The van der Waals surface area contributed by atoms with Gasteiger partial charge in [-0.15, -0.1) is 12.4 Å². The summed E-state index contributed by atoms with van der Waals surface area (Å²) >= 11 is 0. The minimum atomic E-state index is -0.173. The summed E-state index contributed by atoms with van der Waals surface area (Å²) < 4.78 is 0. The van der Waals surface area contributed by atoms with E-state index in [9.17, 15) is 9.59 Å². The van der Waals surface area contributed by atoms with E-state index in [0.717, 1.165) is 5.56 Å². The first-order valence-electron chi connectivity index (χ1n) is 7.97. The van der Waals surface area contributed by atoms with E-state index in [2.05, 4.69) is 10.6 Å². The topological polar surface area (TPSA) is 84.2 Å². The number of carbonyl (C=O) groups is 2. The third-order valence-corrected chi connectivity index (χ3v) is 3.57. The van der Waals surface area contributed by atoms with Crippen LogP contribution in [-0.4, -0.2) is 17.9 Å². The Kier molecular flexibility index (Phi) is 8.11. The molecule has 0 aliphatic heterocycles. The molecular weight excluding hydrogens is 338 g/mol.